The molecular weight excluding hydrogens is 275 g/mol. The van der Waals surface area contributed by atoms with Crippen molar-refractivity contribution in [2.24, 2.45) is 0 Å². The number of methoxy groups -OCH3 is 1. The summed E-state index contributed by atoms with van der Waals surface area (Å²) in [5, 5.41) is 8.05. The van der Waals surface area contributed by atoms with E-state index in [2.05, 4.69) is 35.3 Å². The number of ether oxygens (including phenoxy) is 1. The largest absolute Gasteiger partial charge is 0.497 e. The average molecular weight is 290 g/mol. The predicted molar refractivity (Wildman–Crippen MR) is 85.3 cm³/mol. The van der Waals surface area contributed by atoms with Crippen molar-refractivity contribution in [3.8, 4) is 5.75 Å². The van der Waals surface area contributed by atoms with Gasteiger partial charge in [-0.3, -0.25) is 0 Å². The van der Waals surface area contributed by atoms with Crippen molar-refractivity contribution in [1.82, 2.24) is 0 Å². The summed E-state index contributed by atoms with van der Waals surface area (Å²) >= 11 is 5.81. The molecule has 0 aromatic heterocycles. The fourth-order valence-corrected chi connectivity index (χ4v) is 5.03. The van der Waals surface area contributed by atoms with Crippen LogP contribution in [0.25, 0.3) is 0 Å². The Morgan fingerprint density at radius 2 is 1.68 bits per heavy atom. The first kappa shape index (κ1) is 12.5. The molecule has 0 spiro atoms. The topological polar surface area (TPSA) is 33.3 Å². The minimum Gasteiger partial charge on any atom is -0.497 e. The van der Waals surface area contributed by atoms with Gasteiger partial charge >= 0.3 is 0 Å². The minimum atomic E-state index is -1.98. The van der Waals surface area contributed by atoms with Gasteiger partial charge in [-0.15, -0.1) is 0 Å². The Kier molecular flexibility index (Phi) is 3.00. The van der Waals surface area contributed by atoms with Crippen molar-refractivity contribution in [1.29, 1.82) is 0 Å². The number of hydrogen-bond donors (Lipinski definition) is 2. The Balaban J connectivity index is 1.96. The van der Waals surface area contributed by atoms with Crippen LogP contribution in [-0.4, -0.2) is 7.11 Å². The Bertz CT molecular complexity index is 670. The van der Waals surface area contributed by atoms with Crippen LogP contribution in [-0.2, 0) is 11.8 Å². The van der Waals surface area contributed by atoms with Gasteiger partial charge in [-0.25, -0.2) is 0 Å². The number of aryl methyl sites for hydroxylation is 1. The quantitative estimate of drug-likeness (QED) is 0.830. The van der Waals surface area contributed by atoms with Crippen molar-refractivity contribution in [3.63, 3.8) is 0 Å². The maximum Gasteiger partial charge on any atom is 0.148 e. The van der Waals surface area contributed by atoms with E-state index in [-0.39, 0.29) is 0 Å². The SMILES string of the molecule is COc1ccc(P2(=S)Nc3ccc(C)cc3N2)cc1. The smallest absolute Gasteiger partial charge is 0.148 e. The molecule has 0 amide bonds. The Hall–Kier alpha value is -1.51. The highest BCUT2D eigenvalue weighted by molar-refractivity contribution is 8.19. The molecule has 1 atom stereocenters. The molecule has 3 nitrogen and oxygen atoms in total. The van der Waals surface area contributed by atoms with Crippen molar-refractivity contribution in [2.45, 2.75) is 6.92 Å². The van der Waals surface area contributed by atoms with Gasteiger partial charge in [0.05, 0.1) is 18.5 Å². The molecular formula is C14H15N2OPS. The fraction of sp³-hybridized carbons (Fsp3) is 0.143. The van der Waals surface area contributed by atoms with E-state index in [4.69, 9.17) is 16.5 Å². The second-order valence-electron chi connectivity index (χ2n) is 4.58. The number of anilines is 2. The third kappa shape index (κ3) is 2.22. The van der Waals surface area contributed by atoms with Gasteiger partial charge in [0.2, 0.25) is 0 Å². The molecule has 1 aliphatic heterocycles. The zero-order valence-electron chi connectivity index (χ0n) is 10.8. The standard InChI is InChI=1S/C14H15N2OPS/c1-10-3-8-13-14(9-10)16-18(19,15-13)12-6-4-11(17-2)5-7-12/h3-9H,1-2H3,(H2,15,16,19). The molecule has 2 N–H and O–H groups in total. The second kappa shape index (κ2) is 4.55. The first-order valence-corrected chi connectivity index (χ1v) is 8.83. The molecule has 3 rings (SSSR count). The highest BCUT2D eigenvalue weighted by Crippen LogP contribution is 2.53. The van der Waals surface area contributed by atoms with Crippen LogP contribution in [0, 0.1) is 6.92 Å². The van der Waals surface area contributed by atoms with Crippen LogP contribution in [0.5, 0.6) is 5.75 Å². The third-order valence-corrected chi connectivity index (χ3v) is 6.48. The lowest BCUT2D eigenvalue weighted by Gasteiger charge is -2.18. The maximum atomic E-state index is 5.81. The first-order chi connectivity index (χ1) is 9.10. The summed E-state index contributed by atoms with van der Waals surface area (Å²) in [6.45, 7) is 2.08. The summed E-state index contributed by atoms with van der Waals surface area (Å²) in [4.78, 5) is 0. The molecule has 1 aliphatic rings. The van der Waals surface area contributed by atoms with E-state index < -0.39 is 6.34 Å². The van der Waals surface area contributed by atoms with E-state index in [9.17, 15) is 0 Å². The van der Waals surface area contributed by atoms with E-state index >= 15 is 0 Å². The van der Waals surface area contributed by atoms with Gasteiger partial charge in [0.25, 0.3) is 0 Å². The van der Waals surface area contributed by atoms with Gasteiger partial charge in [-0.1, -0.05) is 6.07 Å². The van der Waals surface area contributed by atoms with E-state index in [1.807, 2.05) is 24.3 Å². The summed E-state index contributed by atoms with van der Waals surface area (Å²) in [5.41, 5.74) is 3.41. The highest BCUT2D eigenvalue weighted by atomic mass is 32.4. The second-order valence-corrected chi connectivity index (χ2v) is 8.41. The zero-order valence-corrected chi connectivity index (χ0v) is 12.5. The number of benzene rings is 2. The van der Waals surface area contributed by atoms with E-state index in [1.165, 1.54) is 5.56 Å². The normalized spacial score (nSPS) is 20.3. The van der Waals surface area contributed by atoms with Gasteiger partial charge in [-0.05, 0) is 60.7 Å². The minimum absolute atomic E-state index is 0.845. The third-order valence-electron chi connectivity index (χ3n) is 3.17. The molecule has 0 radical (unpaired) electrons. The lowest BCUT2D eigenvalue weighted by atomic mass is 10.2. The highest BCUT2D eigenvalue weighted by Gasteiger charge is 2.27. The summed E-state index contributed by atoms with van der Waals surface area (Å²) < 4.78 is 5.18. The van der Waals surface area contributed by atoms with E-state index in [0.29, 0.717) is 0 Å². The number of rotatable bonds is 2. The first-order valence-electron chi connectivity index (χ1n) is 6.03. The van der Waals surface area contributed by atoms with Crippen molar-refractivity contribution < 1.29 is 4.74 Å². The Morgan fingerprint density at radius 3 is 2.37 bits per heavy atom. The van der Waals surface area contributed by atoms with Crippen LogP contribution >= 0.6 is 6.34 Å². The molecule has 0 saturated heterocycles. The van der Waals surface area contributed by atoms with Crippen molar-refractivity contribution >= 4 is 34.8 Å². The molecule has 0 saturated carbocycles. The summed E-state index contributed by atoms with van der Waals surface area (Å²) in [6.07, 6.45) is -1.98. The number of hydrogen-bond acceptors (Lipinski definition) is 2. The van der Waals surface area contributed by atoms with Gasteiger partial charge < -0.3 is 14.9 Å². The van der Waals surface area contributed by atoms with Crippen LogP contribution < -0.4 is 20.2 Å². The molecule has 2 aromatic rings. The van der Waals surface area contributed by atoms with E-state index in [0.717, 1.165) is 22.4 Å². The van der Waals surface area contributed by atoms with Crippen molar-refractivity contribution in [2.75, 3.05) is 17.3 Å². The lowest BCUT2D eigenvalue weighted by Crippen LogP contribution is -2.12. The summed E-state index contributed by atoms with van der Waals surface area (Å²) in [5.74, 6) is 0.845. The Morgan fingerprint density at radius 1 is 1.00 bits per heavy atom. The van der Waals surface area contributed by atoms with E-state index in [1.54, 1.807) is 7.11 Å². The number of fused-ring (bicyclic) bond motifs is 1. The summed E-state index contributed by atoms with van der Waals surface area (Å²) in [6, 6.07) is 14.2. The molecule has 5 heteroatoms. The fourth-order valence-electron chi connectivity index (χ4n) is 2.14. The van der Waals surface area contributed by atoms with Crippen LogP contribution in [0.4, 0.5) is 11.4 Å². The maximum absolute atomic E-state index is 5.81. The molecule has 1 unspecified atom stereocenters. The van der Waals surface area contributed by atoms with Crippen LogP contribution in [0.3, 0.4) is 0 Å². The molecule has 0 bridgehead atoms. The molecule has 2 aromatic carbocycles. The molecule has 98 valence electrons. The van der Waals surface area contributed by atoms with Crippen LogP contribution in [0.15, 0.2) is 42.5 Å². The van der Waals surface area contributed by atoms with Gasteiger partial charge in [0.15, 0.2) is 0 Å². The monoisotopic (exact) mass is 290 g/mol. The van der Waals surface area contributed by atoms with Gasteiger partial charge in [-0.2, -0.15) is 0 Å². The molecule has 0 fully saturated rings. The predicted octanol–water partition coefficient (Wildman–Crippen LogP) is 3.48. The van der Waals surface area contributed by atoms with Crippen LogP contribution in [0.2, 0.25) is 0 Å². The number of nitrogens with one attached hydrogen (secondary N) is 2. The van der Waals surface area contributed by atoms with Crippen molar-refractivity contribution in [3.05, 3.63) is 48.0 Å². The van der Waals surface area contributed by atoms with Gasteiger partial charge in [0.1, 0.15) is 12.1 Å². The zero-order chi connectivity index (χ0) is 13.5. The van der Waals surface area contributed by atoms with Crippen LogP contribution in [0.1, 0.15) is 5.56 Å². The summed E-state index contributed by atoms with van der Waals surface area (Å²) in [7, 11) is 1.66. The molecule has 19 heavy (non-hydrogen) atoms. The lowest BCUT2D eigenvalue weighted by molar-refractivity contribution is 0.415. The average Bonchev–Trinajstić information content (AvgIpc) is 2.75. The Labute approximate surface area is 118 Å². The van der Waals surface area contributed by atoms with Gasteiger partial charge in [0, 0.05) is 5.30 Å². The molecule has 0 aliphatic carbocycles. The molecule has 1 heterocycles.